The summed E-state index contributed by atoms with van der Waals surface area (Å²) in [5, 5.41) is 0. The second kappa shape index (κ2) is 6.29. The molecule has 0 heterocycles. The van der Waals surface area contributed by atoms with Gasteiger partial charge in [-0.15, -0.1) is 0 Å². The highest BCUT2D eigenvalue weighted by molar-refractivity contribution is 7.90. The van der Waals surface area contributed by atoms with Gasteiger partial charge in [-0.2, -0.15) is 0 Å². The Labute approximate surface area is 108 Å². The van der Waals surface area contributed by atoms with E-state index in [1.165, 1.54) is 18.2 Å². The lowest BCUT2D eigenvalue weighted by Gasteiger charge is -2.10. The Hall–Kier alpha value is -0.940. The molecule has 0 amide bonds. The van der Waals surface area contributed by atoms with Crippen LogP contribution in [0.5, 0.6) is 0 Å². The fourth-order valence-electron chi connectivity index (χ4n) is 1.65. The van der Waals surface area contributed by atoms with E-state index < -0.39 is 15.7 Å². The molecule has 1 aromatic rings. The van der Waals surface area contributed by atoms with Gasteiger partial charge in [-0.25, -0.2) is 12.8 Å². The van der Waals surface area contributed by atoms with Crippen LogP contribution in [-0.4, -0.2) is 14.2 Å². The maximum Gasteiger partial charge on any atom is 0.154 e. The molecule has 5 heteroatoms. The molecule has 0 aliphatic rings. The van der Waals surface area contributed by atoms with E-state index in [4.69, 9.17) is 5.73 Å². The van der Waals surface area contributed by atoms with E-state index in [1.54, 1.807) is 0 Å². The van der Waals surface area contributed by atoms with Crippen molar-refractivity contribution < 1.29 is 12.8 Å². The molecule has 0 aliphatic heterocycles. The zero-order chi connectivity index (χ0) is 13.8. The average Bonchev–Trinajstić information content (AvgIpc) is 2.29. The van der Waals surface area contributed by atoms with Crippen molar-refractivity contribution in [1.82, 2.24) is 0 Å². The zero-order valence-corrected chi connectivity index (χ0v) is 11.6. The smallest absolute Gasteiger partial charge is 0.154 e. The van der Waals surface area contributed by atoms with Crippen molar-refractivity contribution in [3.8, 4) is 0 Å². The minimum Gasteiger partial charge on any atom is -0.326 e. The van der Waals surface area contributed by atoms with Gasteiger partial charge >= 0.3 is 0 Å². The summed E-state index contributed by atoms with van der Waals surface area (Å²) < 4.78 is 36.9. The van der Waals surface area contributed by atoms with Gasteiger partial charge in [-0.3, -0.25) is 0 Å². The molecule has 1 aromatic carbocycles. The summed E-state index contributed by atoms with van der Waals surface area (Å²) in [6.07, 6.45) is 0.640. The van der Waals surface area contributed by atoms with E-state index in [0.29, 0.717) is 23.5 Å². The summed E-state index contributed by atoms with van der Waals surface area (Å²) in [6.45, 7) is 4.12. The predicted octanol–water partition coefficient (Wildman–Crippen LogP) is 2.25. The Morgan fingerprint density at radius 1 is 1.28 bits per heavy atom. The van der Waals surface area contributed by atoms with E-state index in [0.717, 1.165) is 0 Å². The zero-order valence-electron chi connectivity index (χ0n) is 10.8. The van der Waals surface area contributed by atoms with Gasteiger partial charge < -0.3 is 5.73 Å². The molecular weight excluding hydrogens is 253 g/mol. The molecule has 2 N–H and O–H groups in total. The fourth-order valence-corrected chi connectivity index (χ4v) is 3.38. The Morgan fingerprint density at radius 3 is 2.50 bits per heavy atom. The largest absolute Gasteiger partial charge is 0.326 e. The number of rotatable bonds is 6. The highest BCUT2D eigenvalue weighted by Gasteiger charge is 2.15. The normalized spacial score (nSPS) is 12.1. The summed E-state index contributed by atoms with van der Waals surface area (Å²) in [4.78, 5) is 0. The van der Waals surface area contributed by atoms with E-state index in [9.17, 15) is 12.8 Å². The molecule has 1 rings (SSSR count). The summed E-state index contributed by atoms with van der Waals surface area (Å²) >= 11 is 0. The molecule has 102 valence electrons. The Bertz CT molecular complexity index is 498. The topological polar surface area (TPSA) is 60.2 Å². The second-order valence-corrected chi connectivity index (χ2v) is 7.08. The number of benzene rings is 1. The molecule has 0 radical (unpaired) electrons. The maximum absolute atomic E-state index is 13.0. The standard InChI is InChI=1S/C13H20FNO2S/c1-10(2)5-6-18(16,17)9-11-3-4-13(14)7-12(11)8-15/h3-4,7,10H,5-6,8-9,15H2,1-2H3. The molecule has 0 saturated carbocycles. The van der Waals surface area contributed by atoms with Crippen LogP contribution in [-0.2, 0) is 22.1 Å². The molecule has 0 aliphatic carbocycles. The van der Waals surface area contributed by atoms with Crippen LogP contribution < -0.4 is 5.73 Å². The monoisotopic (exact) mass is 273 g/mol. The van der Waals surface area contributed by atoms with Gasteiger partial charge in [0.25, 0.3) is 0 Å². The number of hydrogen-bond acceptors (Lipinski definition) is 3. The van der Waals surface area contributed by atoms with E-state index in [-0.39, 0.29) is 18.1 Å². The summed E-state index contributed by atoms with van der Waals surface area (Å²) in [6, 6.07) is 4.07. The van der Waals surface area contributed by atoms with Crippen LogP contribution >= 0.6 is 0 Å². The third-order valence-corrected chi connectivity index (χ3v) is 4.38. The Kier molecular flexibility index (Phi) is 5.28. The minimum atomic E-state index is -3.15. The van der Waals surface area contributed by atoms with Crippen LogP contribution in [0.25, 0.3) is 0 Å². The van der Waals surface area contributed by atoms with E-state index >= 15 is 0 Å². The van der Waals surface area contributed by atoms with Crippen LogP contribution in [0.2, 0.25) is 0 Å². The third kappa shape index (κ3) is 4.74. The van der Waals surface area contributed by atoms with Gasteiger partial charge in [-0.05, 0) is 35.6 Å². The number of hydrogen-bond donors (Lipinski definition) is 1. The molecule has 18 heavy (non-hydrogen) atoms. The van der Waals surface area contributed by atoms with Crippen molar-refractivity contribution in [1.29, 1.82) is 0 Å². The van der Waals surface area contributed by atoms with Crippen LogP contribution in [0.4, 0.5) is 4.39 Å². The van der Waals surface area contributed by atoms with Gasteiger partial charge in [0.2, 0.25) is 0 Å². The fraction of sp³-hybridized carbons (Fsp3) is 0.538. The van der Waals surface area contributed by atoms with Gasteiger partial charge in [0.1, 0.15) is 5.82 Å². The molecular formula is C13H20FNO2S. The lowest BCUT2D eigenvalue weighted by atomic mass is 10.1. The number of sulfone groups is 1. The number of nitrogens with two attached hydrogens (primary N) is 1. The van der Waals surface area contributed by atoms with Crippen molar-refractivity contribution in [3.63, 3.8) is 0 Å². The highest BCUT2D eigenvalue weighted by atomic mass is 32.2. The number of halogens is 1. The van der Waals surface area contributed by atoms with Crippen molar-refractivity contribution >= 4 is 9.84 Å². The molecule has 0 unspecified atom stereocenters. The lowest BCUT2D eigenvalue weighted by Crippen LogP contribution is -2.13. The first-order chi connectivity index (χ1) is 8.34. The first-order valence-corrected chi connectivity index (χ1v) is 7.84. The van der Waals surface area contributed by atoms with Crippen LogP contribution in [0.15, 0.2) is 18.2 Å². The first-order valence-electron chi connectivity index (χ1n) is 6.02. The van der Waals surface area contributed by atoms with Crippen molar-refractivity contribution in [2.75, 3.05) is 5.75 Å². The van der Waals surface area contributed by atoms with Gasteiger partial charge in [0.05, 0.1) is 11.5 Å². The SMILES string of the molecule is CC(C)CCS(=O)(=O)Cc1ccc(F)cc1CN. The quantitative estimate of drug-likeness (QED) is 0.864. The van der Waals surface area contributed by atoms with Gasteiger partial charge in [0, 0.05) is 6.54 Å². The third-order valence-electron chi connectivity index (χ3n) is 2.77. The molecule has 0 bridgehead atoms. The summed E-state index contributed by atoms with van der Waals surface area (Å²) in [5.74, 6) is 0.0548. The predicted molar refractivity (Wildman–Crippen MR) is 71.2 cm³/mol. The molecule has 3 nitrogen and oxygen atoms in total. The van der Waals surface area contributed by atoms with Crippen molar-refractivity contribution in [2.45, 2.75) is 32.6 Å². The maximum atomic E-state index is 13.0. The van der Waals surface area contributed by atoms with Crippen LogP contribution in [0.3, 0.4) is 0 Å². The summed E-state index contributed by atoms with van der Waals surface area (Å²) in [5.41, 5.74) is 6.66. The van der Waals surface area contributed by atoms with E-state index in [2.05, 4.69) is 0 Å². The minimum absolute atomic E-state index is 0.0630. The summed E-state index contributed by atoms with van der Waals surface area (Å²) in [7, 11) is -3.15. The average molecular weight is 273 g/mol. The van der Waals surface area contributed by atoms with E-state index in [1.807, 2.05) is 13.8 Å². The Morgan fingerprint density at radius 2 is 1.94 bits per heavy atom. The van der Waals surface area contributed by atoms with Crippen LogP contribution in [0, 0.1) is 11.7 Å². The Balaban J connectivity index is 2.83. The van der Waals surface area contributed by atoms with Crippen LogP contribution in [0.1, 0.15) is 31.4 Å². The molecule has 0 atom stereocenters. The van der Waals surface area contributed by atoms with Crippen molar-refractivity contribution in [2.24, 2.45) is 11.7 Å². The van der Waals surface area contributed by atoms with Gasteiger partial charge in [0.15, 0.2) is 9.84 Å². The van der Waals surface area contributed by atoms with Gasteiger partial charge in [-0.1, -0.05) is 19.9 Å². The van der Waals surface area contributed by atoms with Crippen molar-refractivity contribution in [3.05, 3.63) is 35.1 Å². The molecule has 0 spiro atoms. The molecule has 0 aromatic heterocycles. The lowest BCUT2D eigenvalue weighted by molar-refractivity contribution is 0.572. The highest BCUT2D eigenvalue weighted by Crippen LogP contribution is 2.16. The molecule has 0 fully saturated rings. The second-order valence-electron chi connectivity index (χ2n) is 4.89. The molecule has 0 saturated heterocycles. The first kappa shape index (κ1) is 15.1.